The van der Waals surface area contributed by atoms with Gasteiger partial charge in [-0.15, -0.1) is 0 Å². The summed E-state index contributed by atoms with van der Waals surface area (Å²) < 4.78 is 11.0. The molecule has 1 heterocycles. The molecule has 0 aliphatic carbocycles. The number of ketones is 1. The summed E-state index contributed by atoms with van der Waals surface area (Å²) in [6.07, 6.45) is 1.47. The van der Waals surface area contributed by atoms with Crippen LogP contribution >= 0.6 is 0 Å². The molecule has 0 aromatic heterocycles. The second kappa shape index (κ2) is 6.37. The Kier molecular flexibility index (Phi) is 4.78. The molecule has 1 aliphatic heterocycles. The van der Waals surface area contributed by atoms with Gasteiger partial charge >= 0.3 is 0 Å². The van der Waals surface area contributed by atoms with Crippen LogP contribution in [0.2, 0.25) is 0 Å². The molecule has 4 nitrogen and oxygen atoms in total. The first-order valence-electron chi connectivity index (χ1n) is 7.17. The van der Waals surface area contributed by atoms with E-state index in [4.69, 9.17) is 15.2 Å². The van der Waals surface area contributed by atoms with Crippen molar-refractivity contribution in [3.63, 3.8) is 0 Å². The third-order valence-corrected chi connectivity index (χ3v) is 3.79. The van der Waals surface area contributed by atoms with Gasteiger partial charge in [0.2, 0.25) is 0 Å². The SMILES string of the molecule is CC(C)Oc1cccc(C(=O)C2(CN)CCOCC2)c1. The Morgan fingerprint density at radius 3 is 2.70 bits per heavy atom. The summed E-state index contributed by atoms with van der Waals surface area (Å²) in [4.78, 5) is 12.8. The highest BCUT2D eigenvalue weighted by Gasteiger charge is 2.39. The number of hydrogen-bond donors (Lipinski definition) is 1. The molecule has 0 radical (unpaired) electrons. The van der Waals surface area contributed by atoms with Crippen molar-refractivity contribution in [1.82, 2.24) is 0 Å². The van der Waals surface area contributed by atoms with Crippen LogP contribution in [0, 0.1) is 5.41 Å². The highest BCUT2D eigenvalue weighted by Crippen LogP contribution is 2.34. The van der Waals surface area contributed by atoms with Crippen molar-refractivity contribution in [2.24, 2.45) is 11.1 Å². The Labute approximate surface area is 120 Å². The molecule has 0 atom stereocenters. The van der Waals surface area contributed by atoms with E-state index in [0.29, 0.717) is 38.2 Å². The van der Waals surface area contributed by atoms with Crippen LogP contribution in [0.25, 0.3) is 0 Å². The highest BCUT2D eigenvalue weighted by atomic mass is 16.5. The number of hydrogen-bond acceptors (Lipinski definition) is 4. The van der Waals surface area contributed by atoms with Crippen LogP contribution in [0.1, 0.15) is 37.0 Å². The molecule has 1 aromatic rings. The first-order chi connectivity index (χ1) is 9.57. The Bertz CT molecular complexity index is 465. The maximum Gasteiger partial charge on any atom is 0.170 e. The van der Waals surface area contributed by atoms with Crippen LogP contribution in [0.15, 0.2) is 24.3 Å². The summed E-state index contributed by atoms with van der Waals surface area (Å²) in [5, 5.41) is 0. The number of benzene rings is 1. The van der Waals surface area contributed by atoms with Crippen LogP contribution in [0.5, 0.6) is 5.75 Å². The van der Waals surface area contributed by atoms with Gasteiger partial charge in [0, 0.05) is 25.3 Å². The minimum absolute atomic E-state index is 0.0897. The average molecular weight is 277 g/mol. The fourth-order valence-corrected chi connectivity index (χ4v) is 2.58. The first-order valence-corrected chi connectivity index (χ1v) is 7.17. The molecule has 4 heteroatoms. The van der Waals surface area contributed by atoms with Crippen molar-refractivity contribution >= 4 is 5.78 Å². The quantitative estimate of drug-likeness (QED) is 0.840. The average Bonchev–Trinajstić information content (AvgIpc) is 2.47. The molecular weight excluding hydrogens is 254 g/mol. The fraction of sp³-hybridized carbons (Fsp3) is 0.562. The van der Waals surface area contributed by atoms with Gasteiger partial charge in [0.25, 0.3) is 0 Å². The number of ether oxygens (including phenoxy) is 2. The van der Waals surface area contributed by atoms with Crippen LogP contribution in [0.3, 0.4) is 0 Å². The van der Waals surface area contributed by atoms with Gasteiger partial charge in [-0.1, -0.05) is 12.1 Å². The molecule has 110 valence electrons. The summed E-state index contributed by atoms with van der Waals surface area (Å²) in [6.45, 7) is 5.50. The molecular formula is C16H23NO3. The molecule has 2 rings (SSSR count). The Hall–Kier alpha value is -1.39. The monoisotopic (exact) mass is 277 g/mol. The third-order valence-electron chi connectivity index (χ3n) is 3.79. The lowest BCUT2D eigenvalue weighted by Crippen LogP contribution is -2.43. The van der Waals surface area contributed by atoms with Crippen molar-refractivity contribution < 1.29 is 14.3 Å². The number of Topliss-reactive ketones (excluding diaryl/α,β-unsaturated/α-hetero) is 1. The van der Waals surface area contributed by atoms with E-state index >= 15 is 0 Å². The Morgan fingerprint density at radius 1 is 1.40 bits per heavy atom. The van der Waals surface area contributed by atoms with E-state index in [1.807, 2.05) is 38.1 Å². The lowest BCUT2D eigenvalue weighted by atomic mass is 9.74. The van der Waals surface area contributed by atoms with Crippen molar-refractivity contribution in [3.05, 3.63) is 29.8 Å². The molecule has 1 aliphatic rings. The summed E-state index contributed by atoms with van der Waals surface area (Å²) in [5.74, 6) is 0.836. The van der Waals surface area contributed by atoms with Gasteiger partial charge in [-0.3, -0.25) is 4.79 Å². The summed E-state index contributed by atoms with van der Waals surface area (Å²) in [7, 11) is 0. The lowest BCUT2D eigenvalue weighted by Gasteiger charge is -2.34. The zero-order valence-electron chi connectivity index (χ0n) is 12.2. The van der Waals surface area contributed by atoms with E-state index in [9.17, 15) is 4.79 Å². The van der Waals surface area contributed by atoms with Crippen LogP contribution < -0.4 is 10.5 Å². The molecule has 20 heavy (non-hydrogen) atoms. The number of rotatable bonds is 5. The Balaban J connectivity index is 2.23. The molecule has 2 N–H and O–H groups in total. The van der Waals surface area contributed by atoms with Crippen molar-refractivity contribution in [1.29, 1.82) is 0 Å². The zero-order valence-corrected chi connectivity index (χ0v) is 12.2. The molecule has 1 fully saturated rings. The minimum atomic E-state index is -0.477. The lowest BCUT2D eigenvalue weighted by molar-refractivity contribution is 0.0200. The van der Waals surface area contributed by atoms with Crippen LogP contribution in [-0.2, 0) is 4.74 Å². The molecule has 1 aromatic carbocycles. The number of nitrogens with two attached hydrogens (primary N) is 1. The topological polar surface area (TPSA) is 61.5 Å². The van der Waals surface area contributed by atoms with Gasteiger partial charge in [-0.2, -0.15) is 0 Å². The Morgan fingerprint density at radius 2 is 2.10 bits per heavy atom. The maximum atomic E-state index is 12.8. The summed E-state index contributed by atoms with van der Waals surface area (Å²) in [5.41, 5.74) is 6.09. The van der Waals surface area contributed by atoms with Crippen LogP contribution in [0.4, 0.5) is 0 Å². The van der Waals surface area contributed by atoms with Gasteiger partial charge in [0.15, 0.2) is 5.78 Å². The second-order valence-corrected chi connectivity index (χ2v) is 5.62. The molecule has 1 saturated heterocycles. The third kappa shape index (κ3) is 3.19. The molecule has 0 amide bonds. The number of carbonyl (C=O) groups is 1. The fourth-order valence-electron chi connectivity index (χ4n) is 2.58. The maximum absolute atomic E-state index is 12.8. The van der Waals surface area contributed by atoms with Gasteiger partial charge in [-0.05, 0) is 38.8 Å². The summed E-state index contributed by atoms with van der Waals surface area (Å²) in [6, 6.07) is 7.38. The largest absolute Gasteiger partial charge is 0.491 e. The molecule has 0 bridgehead atoms. The summed E-state index contributed by atoms with van der Waals surface area (Å²) >= 11 is 0. The predicted molar refractivity (Wildman–Crippen MR) is 78.1 cm³/mol. The van der Waals surface area contributed by atoms with Gasteiger partial charge in [-0.25, -0.2) is 0 Å². The van der Waals surface area contributed by atoms with Crippen LogP contribution in [-0.4, -0.2) is 31.6 Å². The van der Waals surface area contributed by atoms with Gasteiger partial charge in [0.1, 0.15) is 5.75 Å². The molecule has 0 spiro atoms. The normalized spacial score (nSPS) is 18.0. The van der Waals surface area contributed by atoms with E-state index in [0.717, 1.165) is 5.75 Å². The van der Waals surface area contributed by atoms with Gasteiger partial charge < -0.3 is 15.2 Å². The van der Waals surface area contributed by atoms with E-state index in [1.54, 1.807) is 0 Å². The first kappa shape index (κ1) is 15.0. The van der Waals surface area contributed by atoms with Crippen molar-refractivity contribution in [2.75, 3.05) is 19.8 Å². The highest BCUT2D eigenvalue weighted by molar-refractivity contribution is 6.01. The smallest absolute Gasteiger partial charge is 0.170 e. The van der Waals surface area contributed by atoms with E-state index in [-0.39, 0.29) is 11.9 Å². The van der Waals surface area contributed by atoms with Gasteiger partial charge in [0.05, 0.1) is 11.5 Å². The molecule has 0 unspecified atom stereocenters. The van der Waals surface area contributed by atoms with E-state index in [1.165, 1.54) is 0 Å². The minimum Gasteiger partial charge on any atom is -0.491 e. The van der Waals surface area contributed by atoms with E-state index in [2.05, 4.69) is 0 Å². The predicted octanol–water partition coefficient (Wildman–Crippen LogP) is 2.41. The standard InChI is InChI=1S/C16H23NO3/c1-12(2)20-14-5-3-4-13(10-14)15(18)16(11-17)6-8-19-9-7-16/h3-5,10,12H,6-9,11,17H2,1-2H3. The molecule has 0 saturated carbocycles. The van der Waals surface area contributed by atoms with Crippen molar-refractivity contribution in [2.45, 2.75) is 32.8 Å². The van der Waals surface area contributed by atoms with E-state index < -0.39 is 5.41 Å². The van der Waals surface area contributed by atoms with Crippen molar-refractivity contribution in [3.8, 4) is 5.75 Å². The zero-order chi connectivity index (χ0) is 14.6. The second-order valence-electron chi connectivity index (χ2n) is 5.62. The number of carbonyl (C=O) groups excluding carboxylic acids is 1.